The summed E-state index contributed by atoms with van der Waals surface area (Å²) in [5, 5.41) is 13.4. The van der Waals surface area contributed by atoms with Gasteiger partial charge in [0, 0.05) is 17.9 Å². The van der Waals surface area contributed by atoms with Crippen molar-refractivity contribution < 1.29 is 47.9 Å². The van der Waals surface area contributed by atoms with E-state index in [2.05, 4.69) is 33.0 Å². The van der Waals surface area contributed by atoms with Crippen LogP contribution < -0.4 is 5.32 Å². The number of aliphatic hydroxyl groups excluding tert-OH is 1. The number of methoxy groups -OCH3 is 1. The summed E-state index contributed by atoms with van der Waals surface area (Å²) in [6, 6.07) is -0.0685. The van der Waals surface area contributed by atoms with Crippen LogP contribution >= 0.6 is 0 Å². The number of carbonyl (C=O) groups excluding carboxylic acids is 3. The minimum absolute atomic E-state index is 0.0407. The molecule has 0 aromatic heterocycles. The highest BCUT2D eigenvalue weighted by Crippen LogP contribution is 2.40. The Kier molecular flexibility index (Phi) is 17.5. The molecule has 3 heterocycles. The lowest BCUT2D eigenvalue weighted by atomic mass is 9.81. The molecule has 0 saturated carbocycles. The zero-order valence-corrected chi connectivity index (χ0v) is 33.3. The summed E-state index contributed by atoms with van der Waals surface area (Å²) in [6.07, 6.45) is 7.91. The number of aliphatic hydroxyl groups is 1. The van der Waals surface area contributed by atoms with Crippen LogP contribution in [0, 0.1) is 23.7 Å². The van der Waals surface area contributed by atoms with Crippen LogP contribution in [-0.4, -0.2) is 90.7 Å². The summed E-state index contributed by atoms with van der Waals surface area (Å²) in [5.74, 6) is -1.66. The first-order valence-corrected chi connectivity index (χ1v) is 20.0. The number of amides is 1. The van der Waals surface area contributed by atoms with E-state index in [1.165, 1.54) is 7.11 Å². The Bertz CT molecular complexity index is 1080. The van der Waals surface area contributed by atoms with E-state index in [1.807, 2.05) is 34.6 Å². The van der Waals surface area contributed by atoms with E-state index in [9.17, 15) is 19.5 Å². The van der Waals surface area contributed by atoms with Crippen molar-refractivity contribution in [2.75, 3.05) is 7.11 Å². The van der Waals surface area contributed by atoms with Crippen molar-refractivity contribution in [3.8, 4) is 0 Å². The molecule has 11 heteroatoms. The summed E-state index contributed by atoms with van der Waals surface area (Å²) in [5.41, 5.74) is -0.575. The molecule has 3 aliphatic rings. The first kappa shape index (κ1) is 43.5. The molecule has 0 aromatic rings. The lowest BCUT2D eigenvalue weighted by Gasteiger charge is -2.37. The third-order valence-corrected chi connectivity index (χ3v) is 11.2. The SMILES string of the molecule is CCC[C@H](O)C[C@@H]1CC[C@H]([C@H](C)C(=O)O[C@@H]([C@H](C)[C@@H]2CC[C@H]([C@@H](C)C(=O)OC)O2)[C@H](CC)[C@H]2CC[C@@H](C[C@@H](CCC)NC(=O)OC(C)(C)C)O2)O1. The summed E-state index contributed by atoms with van der Waals surface area (Å²) < 4.78 is 36.6. The van der Waals surface area contributed by atoms with Gasteiger partial charge in [0.1, 0.15) is 11.7 Å². The van der Waals surface area contributed by atoms with E-state index in [1.54, 1.807) is 0 Å². The largest absolute Gasteiger partial charge is 0.469 e. The maximum atomic E-state index is 14.0. The number of rotatable bonds is 19. The Morgan fingerprint density at radius 1 is 0.765 bits per heavy atom. The maximum absolute atomic E-state index is 14.0. The second kappa shape index (κ2) is 20.5. The minimum atomic E-state index is -0.575. The normalized spacial score (nSPS) is 29.4. The lowest BCUT2D eigenvalue weighted by molar-refractivity contribution is -0.174. The van der Waals surface area contributed by atoms with Crippen LogP contribution in [0.1, 0.15) is 146 Å². The molecule has 296 valence electrons. The monoisotopic (exact) mass is 726 g/mol. The fourth-order valence-corrected chi connectivity index (χ4v) is 8.32. The van der Waals surface area contributed by atoms with Crippen molar-refractivity contribution >= 4 is 18.0 Å². The molecular formula is C40H71NO10. The molecule has 0 radical (unpaired) electrons. The van der Waals surface area contributed by atoms with Gasteiger partial charge in [0.2, 0.25) is 0 Å². The highest BCUT2D eigenvalue weighted by atomic mass is 16.6. The van der Waals surface area contributed by atoms with E-state index >= 15 is 0 Å². The molecule has 1 amide bonds. The molecule has 0 aliphatic carbocycles. The number of esters is 2. The number of carbonyl (C=O) groups is 3. The number of hydrogen-bond acceptors (Lipinski definition) is 10. The molecule has 0 bridgehead atoms. The highest BCUT2D eigenvalue weighted by molar-refractivity contribution is 5.73. The van der Waals surface area contributed by atoms with Crippen LogP contribution in [0.3, 0.4) is 0 Å². The van der Waals surface area contributed by atoms with Gasteiger partial charge in [-0.05, 0) is 105 Å². The van der Waals surface area contributed by atoms with Crippen molar-refractivity contribution in [2.45, 2.75) is 206 Å². The average molecular weight is 726 g/mol. The Morgan fingerprint density at radius 3 is 1.92 bits per heavy atom. The number of nitrogens with one attached hydrogen (secondary N) is 1. The Morgan fingerprint density at radius 2 is 1.31 bits per heavy atom. The van der Waals surface area contributed by atoms with Gasteiger partial charge >= 0.3 is 18.0 Å². The topological polar surface area (TPSA) is 139 Å². The van der Waals surface area contributed by atoms with Crippen LogP contribution in [0.2, 0.25) is 0 Å². The molecule has 0 spiro atoms. The van der Waals surface area contributed by atoms with Crippen molar-refractivity contribution in [1.29, 1.82) is 0 Å². The Labute approximate surface area is 307 Å². The Balaban J connectivity index is 1.74. The zero-order valence-electron chi connectivity index (χ0n) is 33.3. The van der Waals surface area contributed by atoms with Crippen molar-refractivity contribution in [3.63, 3.8) is 0 Å². The van der Waals surface area contributed by atoms with Gasteiger partial charge in [-0.1, -0.05) is 40.5 Å². The van der Waals surface area contributed by atoms with E-state index in [0.29, 0.717) is 12.8 Å². The predicted molar refractivity (Wildman–Crippen MR) is 195 cm³/mol. The van der Waals surface area contributed by atoms with Gasteiger partial charge < -0.3 is 38.8 Å². The predicted octanol–water partition coefficient (Wildman–Crippen LogP) is 7.28. The van der Waals surface area contributed by atoms with Crippen LogP contribution in [0.15, 0.2) is 0 Å². The smallest absolute Gasteiger partial charge is 0.407 e. The molecule has 11 nitrogen and oxygen atoms in total. The van der Waals surface area contributed by atoms with Gasteiger partial charge in [-0.2, -0.15) is 0 Å². The van der Waals surface area contributed by atoms with Gasteiger partial charge in [-0.3, -0.25) is 9.59 Å². The summed E-state index contributed by atoms with van der Waals surface area (Å²) >= 11 is 0. The lowest BCUT2D eigenvalue weighted by Crippen LogP contribution is -2.45. The number of alkyl carbamates (subject to hydrolysis) is 1. The quantitative estimate of drug-likeness (QED) is 0.103. The standard InChI is InChI=1S/C40H71NO10/c1-11-14-27(41-39(45)51-40(7,8)9)22-29-17-19-35(48-29)31(13-3)36(24(4)32-20-21-34(49-32)25(5)37(43)46-10)50-38(44)26(6)33-18-16-30(47-33)23-28(42)15-12-2/h24-36,42H,11-23H2,1-10H3,(H,41,45)/t24-,25-,26+,27-,28+,29+,30+,31-,32+,33-,34-,35-,36+/m1/s1. The van der Waals surface area contributed by atoms with Gasteiger partial charge in [0.15, 0.2) is 0 Å². The number of ether oxygens (including phenoxy) is 6. The zero-order chi connectivity index (χ0) is 37.9. The van der Waals surface area contributed by atoms with Crippen molar-refractivity contribution in [1.82, 2.24) is 5.32 Å². The van der Waals surface area contributed by atoms with Gasteiger partial charge in [-0.25, -0.2) is 4.79 Å². The number of hydrogen-bond donors (Lipinski definition) is 2. The van der Waals surface area contributed by atoms with E-state index in [0.717, 1.165) is 70.6 Å². The summed E-state index contributed by atoms with van der Waals surface area (Å²) in [4.78, 5) is 38.9. The molecule has 51 heavy (non-hydrogen) atoms. The van der Waals surface area contributed by atoms with Crippen LogP contribution in [0.4, 0.5) is 4.79 Å². The molecule has 0 aromatic carbocycles. The van der Waals surface area contributed by atoms with Crippen LogP contribution in [0.5, 0.6) is 0 Å². The van der Waals surface area contributed by atoms with Gasteiger partial charge in [-0.15, -0.1) is 0 Å². The molecule has 3 saturated heterocycles. The van der Waals surface area contributed by atoms with Crippen LogP contribution in [-0.2, 0) is 38.0 Å². The van der Waals surface area contributed by atoms with E-state index in [-0.39, 0.29) is 72.4 Å². The minimum Gasteiger partial charge on any atom is -0.469 e. The molecule has 13 atom stereocenters. The summed E-state index contributed by atoms with van der Waals surface area (Å²) in [6.45, 7) is 17.7. The maximum Gasteiger partial charge on any atom is 0.407 e. The van der Waals surface area contributed by atoms with E-state index in [4.69, 9.17) is 28.4 Å². The third kappa shape index (κ3) is 13.1. The first-order valence-electron chi connectivity index (χ1n) is 20.0. The van der Waals surface area contributed by atoms with Gasteiger partial charge in [0.05, 0.1) is 61.7 Å². The molecule has 3 aliphatic heterocycles. The Hall–Kier alpha value is -1.95. The second-order valence-electron chi connectivity index (χ2n) is 16.5. The molecule has 3 rings (SSSR count). The second-order valence-corrected chi connectivity index (χ2v) is 16.5. The van der Waals surface area contributed by atoms with E-state index < -0.39 is 29.8 Å². The average Bonchev–Trinajstić information content (AvgIpc) is 3.84. The van der Waals surface area contributed by atoms with Crippen molar-refractivity contribution in [3.05, 3.63) is 0 Å². The fraction of sp³-hybridized carbons (Fsp3) is 0.925. The first-order chi connectivity index (χ1) is 24.1. The highest BCUT2D eigenvalue weighted by Gasteiger charge is 2.46. The summed E-state index contributed by atoms with van der Waals surface area (Å²) in [7, 11) is 1.40. The molecular weight excluding hydrogens is 654 g/mol. The molecule has 2 N–H and O–H groups in total. The fourth-order valence-electron chi connectivity index (χ4n) is 8.32. The molecule has 3 fully saturated rings. The molecule has 0 unspecified atom stereocenters. The van der Waals surface area contributed by atoms with Gasteiger partial charge in [0.25, 0.3) is 0 Å². The third-order valence-electron chi connectivity index (χ3n) is 11.2. The van der Waals surface area contributed by atoms with Crippen LogP contribution in [0.25, 0.3) is 0 Å². The van der Waals surface area contributed by atoms with Crippen molar-refractivity contribution in [2.24, 2.45) is 23.7 Å².